The summed E-state index contributed by atoms with van der Waals surface area (Å²) in [7, 11) is 0. The molecular formula is C25H33NO6-2. The Labute approximate surface area is 189 Å². The minimum atomic E-state index is -2.30. The SMILES string of the molecule is C/C=C(\C)[C@H]1C=C[C@H]2C[C@@H](C)C[C@@H](C)[C@@H]2[C@H]1/C([O-])=C1/C(=O)N[C@@H](C[C@](C)(O)C(=O)[O-])C1=O. The van der Waals surface area contributed by atoms with E-state index in [-0.39, 0.29) is 23.7 Å². The number of carboxylic acid groups (broad SMARTS) is 1. The number of rotatable bonds is 5. The number of carbonyl (C=O) groups is 3. The highest BCUT2D eigenvalue weighted by molar-refractivity contribution is 6.27. The molecule has 7 nitrogen and oxygen atoms in total. The van der Waals surface area contributed by atoms with Gasteiger partial charge in [-0.2, -0.15) is 0 Å². The fraction of sp³-hybridized carbons (Fsp3) is 0.640. The summed E-state index contributed by atoms with van der Waals surface area (Å²) in [5.74, 6) is -3.49. The highest BCUT2D eigenvalue weighted by Crippen LogP contribution is 2.51. The zero-order valence-electron chi connectivity index (χ0n) is 19.4. The highest BCUT2D eigenvalue weighted by atomic mass is 16.4. The lowest BCUT2D eigenvalue weighted by Gasteiger charge is -2.50. The number of carboxylic acids is 1. The van der Waals surface area contributed by atoms with Gasteiger partial charge in [0.2, 0.25) is 0 Å². The molecule has 176 valence electrons. The molecule has 0 spiro atoms. The predicted molar refractivity (Wildman–Crippen MR) is 114 cm³/mol. The molecule has 0 aromatic heterocycles. The summed E-state index contributed by atoms with van der Waals surface area (Å²) < 4.78 is 0. The first kappa shape index (κ1) is 24.2. The zero-order valence-corrected chi connectivity index (χ0v) is 19.4. The molecule has 0 aromatic rings. The third-order valence-corrected chi connectivity index (χ3v) is 7.63. The summed E-state index contributed by atoms with van der Waals surface area (Å²) in [6.07, 6.45) is 7.57. The number of aliphatic hydroxyl groups is 1. The molecule has 0 bridgehead atoms. The number of hydrogen-bond acceptors (Lipinski definition) is 6. The van der Waals surface area contributed by atoms with Crippen LogP contribution in [0.25, 0.3) is 0 Å². The number of allylic oxidation sites excluding steroid dienone is 5. The largest absolute Gasteiger partial charge is 0.875 e. The summed E-state index contributed by atoms with van der Waals surface area (Å²) in [6, 6.07) is -1.27. The summed E-state index contributed by atoms with van der Waals surface area (Å²) in [5, 5.41) is 37.4. The molecule has 7 heteroatoms. The lowest BCUT2D eigenvalue weighted by molar-refractivity contribution is -0.324. The molecule has 3 aliphatic rings. The van der Waals surface area contributed by atoms with Gasteiger partial charge < -0.3 is 25.4 Å². The predicted octanol–water partition coefficient (Wildman–Crippen LogP) is 0.626. The molecule has 1 saturated heterocycles. The Morgan fingerprint density at radius 2 is 1.91 bits per heavy atom. The van der Waals surface area contributed by atoms with Crippen molar-refractivity contribution in [3.05, 3.63) is 35.1 Å². The van der Waals surface area contributed by atoms with Crippen molar-refractivity contribution in [3.8, 4) is 0 Å². The van der Waals surface area contributed by atoms with Crippen molar-refractivity contribution in [1.82, 2.24) is 5.32 Å². The normalized spacial score (nSPS) is 38.7. The number of Topliss-reactive ketones (excluding diaryl/α,β-unsaturated/α-hetero) is 1. The lowest BCUT2D eigenvalue weighted by atomic mass is 9.57. The molecular weight excluding hydrogens is 410 g/mol. The van der Waals surface area contributed by atoms with Gasteiger partial charge in [-0.3, -0.25) is 9.59 Å². The third kappa shape index (κ3) is 4.27. The number of fused-ring (bicyclic) bond motifs is 1. The van der Waals surface area contributed by atoms with Crippen LogP contribution >= 0.6 is 0 Å². The van der Waals surface area contributed by atoms with E-state index in [0.717, 1.165) is 25.3 Å². The van der Waals surface area contributed by atoms with E-state index in [1.807, 2.05) is 26.0 Å². The molecule has 0 unspecified atom stereocenters. The molecule has 0 aromatic carbocycles. The van der Waals surface area contributed by atoms with E-state index in [0.29, 0.717) is 5.92 Å². The van der Waals surface area contributed by atoms with Crippen molar-refractivity contribution >= 4 is 17.7 Å². The fourth-order valence-corrected chi connectivity index (χ4v) is 5.95. The molecule has 1 aliphatic heterocycles. The van der Waals surface area contributed by atoms with E-state index in [9.17, 15) is 29.7 Å². The monoisotopic (exact) mass is 443 g/mol. The number of amides is 1. The van der Waals surface area contributed by atoms with Gasteiger partial charge in [-0.1, -0.05) is 37.6 Å². The smallest absolute Gasteiger partial charge is 0.254 e. The van der Waals surface area contributed by atoms with Crippen molar-refractivity contribution in [2.45, 2.75) is 65.5 Å². The van der Waals surface area contributed by atoms with Crippen LogP contribution in [0.3, 0.4) is 0 Å². The summed E-state index contributed by atoms with van der Waals surface area (Å²) in [5.41, 5.74) is -1.72. The van der Waals surface area contributed by atoms with Crippen LogP contribution in [0, 0.1) is 35.5 Å². The Morgan fingerprint density at radius 3 is 2.50 bits per heavy atom. The van der Waals surface area contributed by atoms with E-state index >= 15 is 0 Å². The van der Waals surface area contributed by atoms with Crippen LogP contribution in [-0.4, -0.2) is 34.4 Å². The van der Waals surface area contributed by atoms with Gasteiger partial charge >= 0.3 is 0 Å². The van der Waals surface area contributed by atoms with Crippen LogP contribution in [0.4, 0.5) is 0 Å². The number of aliphatic carboxylic acids is 1. The van der Waals surface area contributed by atoms with Gasteiger partial charge in [0.15, 0.2) is 5.78 Å². The molecule has 2 fully saturated rings. The van der Waals surface area contributed by atoms with Crippen molar-refractivity contribution in [3.63, 3.8) is 0 Å². The second-order valence-electron chi connectivity index (χ2n) is 10.2. The van der Waals surface area contributed by atoms with Gasteiger partial charge in [0, 0.05) is 12.3 Å². The first-order valence-corrected chi connectivity index (χ1v) is 11.4. The first-order valence-electron chi connectivity index (χ1n) is 11.4. The standard InChI is InChI=1S/C25H35NO6/c1-6-13(3)16-8-7-15-10-12(2)9-14(4)18(15)19(16)22(28)20-21(27)17(26-23(20)29)11-25(5,32)24(30)31/h6-8,12,14-19,28,32H,9-11H2,1-5H3,(H,26,29)(H,30,31)/p-2/b13-6+,22-20-/t12-,14+,15-,16+,17-,18-,19-,25-/m0/s1. The van der Waals surface area contributed by atoms with Crippen molar-refractivity contribution in [1.29, 1.82) is 0 Å². The van der Waals surface area contributed by atoms with Gasteiger partial charge in [-0.25, -0.2) is 0 Å². The maximum Gasteiger partial charge on any atom is 0.254 e. The van der Waals surface area contributed by atoms with Crippen molar-refractivity contribution in [2.75, 3.05) is 0 Å². The second kappa shape index (κ2) is 8.85. The summed E-state index contributed by atoms with van der Waals surface area (Å²) in [4.78, 5) is 36.9. The van der Waals surface area contributed by atoms with Crippen LogP contribution in [0.2, 0.25) is 0 Å². The molecule has 2 N–H and O–H groups in total. The topological polar surface area (TPSA) is 130 Å². The Bertz CT molecular complexity index is 898. The van der Waals surface area contributed by atoms with Crippen LogP contribution in [0.1, 0.15) is 53.9 Å². The maximum atomic E-state index is 13.8. The van der Waals surface area contributed by atoms with E-state index in [2.05, 4.69) is 25.2 Å². The number of carbonyl (C=O) groups excluding carboxylic acids is 3. The number of hydrogen-bond donors (Lipinski definition) is 2. The third-order valence-electron chi connectivity index (χ3n) is 7.63. The molecule has 8 atom stereocenters. The van der Waals surface area contributed by atoms with Gasteiger partial charge in [0.25, 0.3) is 5.91 Å². The minimum absolute atomic E-state index is 0.0158. The summed E-state index contributed by atoms with van der Waals surface area (Å²) in [6.45, 7) is 9.20. The van der Waals surface area contributed by atoms with E-state index in [1.54, 1.807) is 0 Å². The maximum absolute atomic E-state index is 13.8. The molecule has 1 heterocycles. The highest BCUT2D eigenvalue weighted by Gasteiger charge is 2.46. The molecule has 32 heavy (non-hydrogen) atoms. The second-order valence-corrected chi connectivity index (χ2v) is 10.2. The Balaban J connectivity index is 2.04. The average Bonchev–Trinajstić information content (AvgIpc) is 2.98. The fourth-order valence-electron chi connectivity index (χ4n) is 5.95. The Kier molecular flexibility index (Phi) is 6.70. The van der Waals surface area contributed by atoms with Crippen LogP contribution in [-0.2, 0) is 14.4 Å². The molecule has 3 rings (SSSR count). The molecule has 2 aliphatic carbocycles. The van der Waals surface area contributed by atoms with Crippen LogP contribution < -0.4 is 15.5 Å². The Hall–Kier alpha value is -2.41. The van der Waals surface area contributed by atoms with E-state index < -0.39 is 53.0 Å². The number of ketones is 1. The molecule has 0 radical (unpaired) electrons. The van der Waals surface area contributed by atoms with Crippen LogP contribution in [0.5, 0.6) is 0 Å². The van der Waals surface area contributed by atoms with Gasteiger partial charge in [0.1, 0.15) is 5.60 Å². The van der Waals surface area contributed by atoms with E-state index in [4.69, 9.17) is 0 Å². The summed E-state index contributed by atoms with van der Waals surface area (Å²) >= 11 is 0. The quantitative estimate of drug-likeness (QED) is 0.277. The molecule has 1 amide bonds. The Morgan fingerprint density at radius 1 is 1.25 bits per heavy atom. The zero-order chi connectivity index (χ0) is 24.0. The first-order chi connectivity index (χ1) is 14.9. The van der Waals surface area contributed by atoms with Crippen LogP contribution in [0.15, 0.2) is 35.1 Å². The number of nitrogens with one attached hydrogen (secondary N) is 1. The van der Waals surface area contributed by atoms with Crippen molar-refractivity contribution < 1.29 is 29.7 Å². The van der Waals surface area contributed by atoms with Gasteiger partial charge in [-0.15, -0.1) is 5.76 Å². The molecule has 1 saturated carbocycles. The van der Waals surface area contributed by atoms with Gasteiger partial charge in [-0.05, 0) is 63.2 Å². The average molecular weight is 444 g/mol. The van der Waals surface area contributed by atoms with Crippen molar-refractivity contribution in [2.24, 2.45) is 35.5 Å². The minimum Gasteiger partial charge on any atom is -0.875 e. The lowest BCUT2D eigenvalue weighted by Crippen LogP contribution is -2.50. The van der Waals surface area contributed by atoms with E-state index in [1.165, 1.54) is 0 Å². The van der Waals surface area contributed by atoms with Gasteiger partial charge in [0.05, 0.1) is 17.6 Å².